The Morgan fingerprint density at radius 1 is 1.53 bits per heavy atom. The van der Waals surface area contributed by atoms with E-state index in [0.29, 0.717) is 18.4 Å². The van der Waals surface area contributed by atoms with Crippen molar-refractivity contribution in [2.24, 2.45) is 11.3 Å². The fraction of sp³-hybridized carbons (Fsp3) is 0.688. The first kappa shape index (κ1) is 14.3. The maximum Gasteiger partial charge on any atom is 0.305 e. The molecular weight excluding hydrogens is 238 g/mol. The molecule has 0 aromatic rings. The zero-order chi connectivity index (χ0) is 13.9. The van der Waals surface area contributed by atoms with Gasteiger partial charge in [0.1, 0.15) is 0 Å². The fourth-order valence-corrected chi connectivity index (χ4v) is 3.17. The third-order valence-corrected chi connectivity index (χ3v) is 4.78. The molecule has 0 aromatic carbocycles. The summed E-state index contributed by atoms with van der Waals surface area (Å²) < 4.78 is 4.77. The molecule has 19 heavy (non-hydrogen) atoms. The lowest BCUT2D eigenvalue weighted by Crippen LogP contribution is -2.43. The maximum absolute atomic E-state index is 11.3. The van der Waals surface area contributed by atoms with Gasteiger partial charge in [0.05, 0.1) is 7.11 Å². The van der Waals surface area contributed by atoms with E-state index < -0.39 is 0 Å². The van der Waals surface area contributed by atoms with Crippen molar-refractivity contribution in [2.45, 2.75) is 39.2 Å². The lowest BCUT2D eigenvalue weighted by atomic mass is 9.77. The molecule has 0 bridgehead atoms. The highest BCUT2D eigenvalue weighted by Crippen LogP contribution is 2.36. The van der Waals surface area contributed by atoms with E-state index in [0.717, 1.165) is 25.9 Å². The Balaban J connectivity index is 1.91. The van der Waals surface area contributed by atoms with Gasteiger partial charge in [0.25, 0.3) is 0 Å². The predicted molar refractivity (Wildman–Crippen MR) is 76.8 cm³/mol. The van der Waals surface area contributed by atoms with Gasteiger partial charge in [-0.25, -0.2) is 0 Å². The van der Waals surface area contributed by atoms with Crippen molar-refractivity contribution in [3.8, 4) is 0 Å². The molecule has 1 unspecified atom stereocenters. The first-order valence-corrected chi connectivity index (χ1v) is 7.20. The Bertz CT molecular complexity index is 388. The van der Waals surface area contributed by atoms with Crippen molar-refractivity contribution in [3.05, 3.63) is 24.3 Å². The zero-order valence-corrected chi connectivity index (χ0v) is 12.3. The molecule has 0 N–H and O–H groups in total. The molecule has 106 valence electrons. The number of hydrogen-bond donors (Lipinski definition) is 0. The summed E-state index contributed by atoms with van der Waals surface area (Å²) in [6, 6.07) is 0.511. The number of rotatable bonds is 4. The summed E-state index contributed by atoms with van der Waals surface area (Å²) in [5.74, 6) is 0.382. The zero-order valence-electron chi connectivity index (χ0n) is 12.3. The van der Waals surface area contributed by atoms with Gasteiger partial charge in [-0.05, 0) is 32.2 Å². The third-order valence-electron chi connectivity index (χ3n) is 4.78. The predicted octanol–water partition coefficient (Wildman–Crippen LogP) is 2.78. The maximum atomic E-state index is 11.3. The number of ether oxygens (including phenoxy) is 1. The summed E-state index contributed by atoms with van der Waals surface area (Å²) in [6.45, 7) is 6.74. The number of likely N-dealkylation sites (tertiary alicyclic amines) is 1. The second-order valence-corrected chi connectivity index (χ2v) is 6.10. The van der Waals surface area contributed by atoms with Crippen LogP contribution in [-0.4, -0.2) is 37.1 Å². The van der Waals surface area contributed by atoms with Crippen molar-refractivity contribution < 1.29 is 9.53 Å². The number of nitrogens with zero attached hydrogens (tertiary/aromatic N) is 1. The highest BCUT2D eigenvalue weighted by atomic mass is 16.5. The van der Waals surface area contributed by atoms with Gasteiger partial charge in [-0.2, -0.15) is 0 Å². The molecule has 2 rings (SSSR count). The van der Waals surface area contributed by atoms with Crippen LogP contribution in [0, 0.1) is 11.3 Å². The molecule has 3 nitrogen and oxygen atoms in total. The number of carbonyl (C=O) groups excluding carboxylic acids is 1. The van der Waals surface area contributed by atoms with E-state index in [9.17, 15) is 4.79 Å². The molecule has 0 saturated carbocycles. The molecule has 0 spiro atoms. The first-order chi connectivity index (χ1) is 9.05. The molecule has 3 heteroatoms. The second-order valence-electron chi connectivity index (χ2n) is 6.10. The van der Waals surface area contributed by atoms with Gasteiger partial charge in [-0.3, -0.25) is 9.69 Å². The molecule has 2 aliphatic rings. The van der Waals surface area contributed by atoms with Crippen LogP contribution in [0.2, 0.25) is 0 Å². The van der Waals surface area contributed by atoms with Crippen LogP contribution in [0.5, 0.6) is 0 Å². The molecule has 0 amide bonds. The highest BCUT2D eigenvalue weighted by molar-refractivity contribution is 5.69. The molecule has 0 radical (unpaired) electrons. The summed E-state index contributed by atoms with van der Waals surface area (Å²) in [5.41, 5.74) is 0.217. The SMILES string of the molecule is COC(=O)C[C@H]1CCN([C@@H](C)C2(C)C=CC=CC2)C1. The van der Waals surface area contributed by atoms with Gasteiger partial charge in [0, 0.05) is 24.4 Å². The van der Waals surface area contributed by atoms with E-state index >= 15 is 0 Å². The molecule has 1 fully saturated rings. The van der Waals surface area contributed by atoms with Gasteiger partial charge in [-0.1, -0.05) is 31.2 Å². The van der Waals surface area contributed by atoms with E-state index in [2.05, 4.69) is 43.1 Å². The van der Waals surface area contributed by atoms with Crippen LogP contribution in [0.3, 0.4) is 0 Å². The van der Waals surface area contributed by atoms with Crippen molar-refractivity contribution in [1.29, 1.82) is 0 Å². The van der Waals surface area contributed by atoms with E-state index in [1.807, 2.05) is 0 Å². The summed E-state index contributed by atoms with van der Waals surface area (Å²) in [6.07, 6.45) is 11.6. The number of carbonyl (C=O) groups is 1. The third kappa shape index (κ3) is 3.27. The minimum atomic E-state index is -0.0776. The van der Waals surface area contributed by atoms with Crippen LogP contribution in [-0.2, 0) is 9.53 Å². The van der Waals surface area contributed by atoms with Crippen LogP contribution >= 0.6 is 0 Å². The summed E-state index contributed by atoms with van der Waals surface area (Å²) in [5, 5.41) is 0. The van der Waals surface area contributed by atoms with Gasteiger partial charge >= 0.3 is 5.97 Å². The molecule has 1 saturated heterocycles. The van der Waals surface area contributed by atoms with E-state index in [4.69, 9.17) is 4.74 Å². The van der Waals surface area contributed by atoms with Gasteiger partial charge < -0.3 is 4.74 Å². The monoisotopic (exact) mass is 263 g/mol. The summed E-state index contributed by atoms with van der Waals surface area (Å²) >= 11 is 0. The van der Waals surface area contributed by atoms with Crippen LogP contribution < -0.4 is 0 Å². The van der Waals surface area contributed by atoms with Crippen molar-refractivity contribution >= 4 is 5.97 Å². The van der Waals surface area contributed by atoms with Crippen molar-refractivity contribution in [3.63, 3.8) is 0 Å². The molecule has 1 aliphatic heterocycles. The van der Waals surface area contributed by atoms with Gasteiger partial charge in [0.15, 0.2) is 0 Å². The lowest BCUT2D eigenvalue weighted by molar-refractivity contribution is -0.141. The summed E-state index contributed by atoms with van der Waals surface area (Å²) in [4.78, 5) is 13.9. The summed E-state index contributed by atoms with van der Waals surface area (Å²) in [7, 11) is 1.47. The Hall–Kier alpha value is -1.09. The van der Waals surface area contributed by atoms with Gasteiger partial charge in [-0.15, -0.1) is 0 Å². The number of hydrogen-bond acceptors (Lipinski definition) is 3. The van der Waals surface area contributed by atoms with Crippen LogP contribution in [0.1, 0.15) is 33.1 Å². The average Bonchev–Trinajstić information content (AvgIpc) is 2.87. The smallest absolute Gasteiger partial charge is 0.305 e. The Morgan fingerprint density at radius 2 is 2.32 bits per heavy atom. The van der Waals surface area contributed by atoms with E-state index in [1.165, 1.54) is 7.11 Å². The van der Waals surface area contributed by atoms with Gasteiger partial charge in [0.2, 0.25) is 0 Å². The Labute approximate surface area is 116 Å². The first-order valence-electron chi connectivity index (χ1n) is 7.20. The lowest BCUT2D eigenvalue weighted by Gasteiger charge is -2.39. The molecule has 1 heterocycles. The van der Waals surface area contributed by atoms with E-state index in [1.54, 1.807) is 0 Å². The van der Waals surface area contributed by atoms with Crippen LogP contribution in [0.25, 0.3) is 0 Å². The molecule has 3 atom stereocenters. The molecule has 1 aliphatic carbocycles. The van der Waals surface area contributed by atoms with Crippen molar-refractivity contribution in [1.82, 2.24) is 4.90 Å². The number of methoxy groups -OCH3 is 1. The minimum Gasteiger partial charge on any atom is -0.469 e. The van der Waals surface area contributed by atoms with Crippen LogP contribution in [0.4, 0.5) is 0 Å². The Morgan fingerprint density at radius 3 is 2.95 bits per heavy atom. The minimum absolute atomic E-state index is 0.0776. The quantitative estimate of drug-likeness (QED) is 0.730. The fourth-order valence-electron chi connectivity index (χ4n) is 3.17. The molecule has 0 aromatic heterocycles. The topological polar surface area (TPSA) is 29.5 Å². The Kier molecular flexibility index (Phi) is 4.46. The van der Waals surface area contributed by atoms with Crippen molar-refractivity contribution in [2.75, 3.05) is 20.2 Å². The van der Waals surface area contributed by atoms with Crippen LogP contribution in [0.15, 0.2) is 24.3 Å². The second kappa shape index (κ2) is 5.91. The standard InChI is InChI=1S/C16H25NO2/c1-13(16(2)8-5-4-6-9-16)17-10-7-14(12-17)11-15(18)19-3/h4-6,8,13-14H,7,9-12H2,1-3H3/t13-,14+,16?/m0/s1. The normalized spacial score (nSPS) is 32.5. The number of esters is 1. The van der Waals surface area contributed by atoms with E-state index in [-0.39, 0.29) is 11.4 Å². The highest BCUT2D eigenvalue weighted by Gasteiger charge is 2.36. The number of allylic oxidation sites excluding steroid dienone is 3. The largest absolute Gasteiger partial charge is 0.469 e. The average molecular weight is 263 g/mol. The molecular formula is C16H25NO2.